The molecule has 3 nitrogen and oxygen atoms in total. The Labute approximate surface area is 150 Å². The van der Waals surface area contributed by atoms with Crippen LogP contribution in [0.2, 0.25) is 0 Å². The van der Waals surface area contributed by atoms with Crippen LogP contribution in [0.3, 0.4) is 0 Å². The Morgan fingerprint density at radius 3 is 2.88 bits per heavy atom. The largest absolute Gasteiger partial charge is 0.434 e. The van der Waals surface area contributed by atoms with Crippen LogP contribution in [0.5, 0.6) is 0 Å². The molecule has 3 heteroatoms. The van der Waals surface area contributed by atoms with Gasteiger partial charge in [-0.1, -0.05) is 48.6 Å². The first-order valence-electron chi connectivity index (χ1n) is 8.93. The summed E-state index contributed by atoms with van der Waals surface area (Å²) in [6.45, 7) is 0. The van der Waals surface area contributed by atoms with Crippen molar-refractivity contribution in [1.82, 2.24) is 9.97 Å². The molecular formula is C23H16N2O. The van der Waals surface area contributed by atoms with Crippen molar-refractivity contribution in [2.75, 3.05) is 0 Å². The molecule has 2 aliphatic rings. The molecule has 2 aliphatic carbocycles. The van der Waals surface area contributed by atoms with E-state index in [1.54, 1.807) is 0 Å². The number of nitrogens with one attached hydrogen (secondary N) is 1. The van der Waals surface area contributed by atoms with Crippen LogP contribution in [-0.4, -0.2) is 9.97 Å². The van der Waals surface area contributed by atoms with Crippen molar-refractivity contribution in [3.05, 3.63) is 83.6 Å². The van der Waals surface area contributed by atoms with E-state index in [1.165, 1.54) is 22.2 Å². The lowest BCUT2D eigenvalue weighted by atomic mass is 9.83. The molecular weight excluding hydrogens is 320 g/mol. The number of hydrogen-bond acceptors (Lipinski definition) is 2. The van der Waals surface area contributed by atoms with Crippen molar-refractivity contribution >= 4 is 28.1 Å². The maximum atomic E-state index is 6.17. The van der Waals surface area contributed by atoms with Gasteiger partial charge in [0, 0.05) is 22.6 Å². The fourth-order valence-corrected chi connectivity index (χ4v) is 4.10. The Morgan fingerprint density at radius 2 is 1.96 bits per heavy atom. The lowest BCUT2D eigenvalue weighted by molar-refractivity contribution is 0.622. The summed E-state index contributed by atoms with van der Waals surface area (Å²) in [5.41, 5.74) is 7.69. The highest BCUT2D eigenvalue weighted by Gasteiger charge is 2.24. The van der Waals surface area contributed by atoms with Gasteiger partial charge in [0.2, 0.25) is 5.89 Å². The molecule has 2 heterocycles. The van der Waals surface area contributed by atoms with Crippen LogP contribution in [0.15, 0.2) is 76.8 Å². The Kier molecular flexibility index (Phi) is 2.72. The maximum Gasteiger partial charge on any atom is 0.227 e. The third-order valence-corrected chi connectivity index (χ3v) is 5.39. The van der Waals surface area contributed by atoms with E-state index in [2.05, 4.69) is 52.5 Å². The lowest BCUT2D eigenvalue weighted by Gasteiger charge is -2.21. The zero-order valence-corrected chi connectivity index (χ0v) is 14.1. The topological polar surface area (TPSA) is 41.8 Å². The van der Waals surface area contributed by atoms with Crippen molar-refractivity contribution in [3.63, 3.8) is 0 Å². The standard InChI is InChI=1S/C23H16N2O/c1-2-6-14(7-3-1)23-25-19-11-10-17-18-12-15-8-4-5-9-16(15)13-20(18)24-21(17)22(19)26-23/h1-11,13,15,24H,12H2. The van der Waals surface area contributed by atoms with E-state index in [-0.39, 0.29) is 0 Å². The summed E-state index contributed by atoms with van der Waals surface area (Å²) in [5, 5.41) is 1.24. The van der Waals surface area contributed by atoms with Crippen LogP contribution in [-0.2, 0) is 6.42 Å². The highest BCUT2D eigenvalue weighted by molar-refractivity contribution is 6.04. The Hall–Kier alpha value is -3.33. The highest BCUT2D eigenvalue weighted by Crippen LogP contribution is 2.39. The predicted octanol–water partition coefficient (Wildman–Crippen LogP) is 5.66. The third-order valence-electron chi connectivity index (χ3n) is 5.39. The second-order valence-electron chi connectivity index (χ2n) is 6.94. The molecule has 0 amide bonds. The fourth-order valence-electron chi connectivity index (χ4n) is 4.10. The van der Waals surface area contributed by atoms with Gasteiger partial charge < -0.3 is 9.40 Å². The van der Waals surface area contributed by atoms with Crippen molar-refractivity contribution in [2.45, 2.75) is 6.42 Å². The molecule has 124 valence electrons. The number of rotatable bonds is 1. The molecule has 0 saturated carbocycles. The van der Waals surface area contributed by atoms with Crippen molar-refractivity contribution in [1.29, 1.82) is 0 Å². The quantitative estimate of drug-likeness (QED) is 0.487. The number of H-pyrrole nitrogens is 1. The highest BCUT2D eigenvalue weighted by atomic mass is 16.3. The van der Waals surface area contributed by atoms with Crippen LogP contribution in [0.1, 0.15) is 11.3 Å². The molecule has 1 unspecified atom stereocenters. The van der Waals surface area contributed by atoms with Crippen molar-refractivity contribution in [2.24, 2.45) is 5.92 Å². The average Bonchev–Trinajstić information content (AvgIpc) is 3.28. The van der Waals surface area contributed by atoms with Gasteiger partial charge in [0.1, 0.15) is 5.52 Å². The van der Waals surface area contributed by atoms with Gasteiger partial charge in [0.25, 0.3) is 0 Å². The third kappa shape index (κ3) is 1.91. The van der Waals surface area contributed by atoms with Crippen LogP contribution >= 0.6 is 0 Å². The van der Waals surface area contributed by atoms with Gasteiger partial charge in [-0.15, -0.1) is 0 Å². The molecule has 0 aliphatic heterocycles. The summed E-state index contributed by atoms with van der Waals surface area (Å²) in [6.07, 6.45) is 12.0. The van der Waals surface area contributed by atoms with E-state index in [9.17, 15) is 0 Å². The molecule has 26 heavy (non-hydrogen) atoms. The molecule has 1 N–H and O–H groups in total. The first-order valence-corrected chi connectivity index (χ1v) is 8.93. The second-order valence-corrected chi connectivity index (χ2v) is 6.94. The minimum atomic E-state index is 0.469. The number of oxazole rings is 1. The molecule has 4 aromatic rings. The summed E-state index contributed by atoms with van der Waals surface area (Å²) in [5.74, 6) is 1.13. The fraction of sp³-hybridized carbons (Fsp3) is 0.0870. The predicted molar refractivity (Wildman–Crippen MR) is 105 cm³/mol. The second kappa shape index (κ2) is 5.09. The first-order chi connectivity index (χ1) is 12.9. The monoisotopic (exact) mass is 336 g/mol. The Bertz CT molecular complexity index is 1250. The molecule has 6 rings (SSSR count). The molecule has 0 fully saturated rings. The number of hydrogen-bond donors (Lipinski definition) is 1. The van der Waals surface area contributed by atoms with E-state index in [4.69, 9.17) is 4.42 Å². The molecule has 0 radical (unpaired) electrons. The van der Waals surface area contributed by atoms with E-state index in [0.717, 1.165) is 28.6 Å². The number of aromatic amines is 1. The Morgan fingerprint density at radius 1 is 1.04 bits per heavy atom. The van der Waals surface area contributed by atoms with Gasteiger partial charge in [0.05, 0.1) is 5.52 Å². The average molecular weight is 336 g/mol. The van der Waals surface area contributed by atoms with Crippen LogP contribution in [0.25, 0.3) is 39.5 Å². The number of benzene rings is 2. The van der Waals surface area contributed by atoms with Gasteiger partial charge in [-0.25, -0.2) is 4.98 Å². The molecule has 0 spiro atoms. The lowest BCUT2D eigenvalue weighted by Crippen LogP contribution is -2.10. The number of nitrogens with zero attached hydrogens (tertiary/aromatic N) is 1. The first kappa shape index (κ1) is 13.9. The molecule has 0 saturated heterocycles. The smallest absolute Gasteiger partial charge is 0.227 e. The zero-order valence-electron chi connectivity index (χ0n) is 14.1. The van der Waals surface area contributed by atoms with Gasteiger partial charge >= 0.3 is 0 Å². The number of allylic oxidation sites excluding steroid dienone is 5. The van der Waals surface area contributed by atoms with Crippen LogP contribution in [0, 0.1) is 5.92 Å². The van der Waals surface area contributed by atoms with Crippen molar-refractivity contribution in [3.8, 4) is 11.5 Å². The summed E-state index contributed by atoms with van der Waals surface area (Å²) >= 11 is 0. The van der Waals surface area contributed by atoms with Gasteiger partial charge in [-0.05, 0) is 41.8 Å². The SMILES string of the molecule is C1=CC2=Cc3[nH]c4c(ccc5nc(-c6ccccc6)oc54)c3CC2C=C1. The minimum absolute atomic E-state index is 0.469. The summed E-state index contributed by atoms with van der Waals surface area (Å²) in [4.78, 5) is 8.28. The van der Waals surface area contributed by atoms with Crippen molar-refractivity contribution < 1.29 is 4.42 Å². The summed E-state index contributed by atoms with van der Waals surface area (Å²) < 4.78 is 6.17. The van der Waals surface area contributed by atoms with Crippen LogP contribution in [0.4, 0.5) is 0 Å². The minimum Gasteiger partial charge on any atom is -0.434 e. The zero-order chi connectivity index (χ0) is 17.1. The Balaban J connectivity index is 1.58. The number of aromatic nitrogens is 2. The van der Waals surface area contributed by atoms with E-state index < -0.39 is 0 Å². The normalized spacial score (nSPS) is 18.2. The van der Waals surface area contributed by atoms with E-state index in [0.29, 0.717) is 11.8 Å². The van der Waals surface area contributed by atoms with Gasteiger partial charge in [-0.3, -0.25) is 0 Å². The molecule has 2 aromatic carbocycles. The van der Waals surface area contributed by atoms with E-state index >= 15 is 0 Å². The van der Waals surface area contributed by atoms with Gasteiger partial charge in [-0.2, -0.15) is 0 Å². The maximum absolute atomic E-state index is 6.17. The van der Waals surface area contributed by atoms with Gasteiger partial charge in [0.15, 0.2) is 5.58 Å². The molecule has 0 bridgehead atoms. The summed E-state index contributed by atoms with van der Waals surface area (Å²) in [7, 11) is 0. The van der Waals surface area contributed by atoms with E-state index in [1.807, 2.05) is 30.3 Å². The molecule has 1 atom stereocenters. The molecule has 2 aromatic heterocycles. The summed E-state index contributed by atoms with van der Waals surface area (Å²) in [6, 6.07) is 14.3. The number of fused-ring (bicyclic) bond motifs is 6. The van der Waals surface area contributed by atoms with Crippen LogP contribution < -0.4 is 0 Å².